The van der Waals surface area contributed by atoms with Gasteiger partial charge in [-0.15, -0.1) is 0 Å². The summed E-state index contributed by atoms with van der Waals surface area (Å²) in [5.41, 5.74) is 1.93. The number of hydrogen-bond acceptors (Lipinski definition) is 5. The van der Waals surface area contributed by atoms with Gasteiger partial charge in [-0.1, -0.05) is 12.1 Å². The van der Waals surface area contributed by atoms with E-state index in [1.165, 1.54) is 17.0 Å². The summed E-state index contributed by atoms with van der Waals surface area (Å²) >= 11 is 1.60. The SMILES string of the molecule is CN(C)C(=O)CNC(=NCc1ccsc1)NCc1ccc(S(N)(=O)=O)cc1. The van der Waals surface area contributed by atoms with Crippen LogP contribution in [0, 0.1) is 0 Å². The Morgan fingerprint density at radius 3 is 2.41 bits per heavy atom. The molecule has 4 N–H and O–H groups in total. The molecular weight excluding hydrogens is 386 g/mol. The number of amides is 1. The van der Waals surface area contributed by atoms with Crippen LogP contribution in [0.4, 0.5) is 0 Å². The number of primary sulfonamides is 1. The zero-order chi connectivity index (χ0) is 19.9. The highest BCUT2D eigenvalue weighted by Gasteiger charge is 2.08. The molecule has 10 heteroatoms. The van der Waals surface area contributed by atoms with Crippen molar-refractivity contribution >= 4 is 33.2 Å². The van der Waals surface area contributed by atoms with Crippen LogP contribution in [0.15, 0.2) is 51.0 Å². The molecule has 2 aromatic rings. The highest BCUT2D eigenvalue weighted by atomic mass is 32.2. The summed E-state index contributed by atoms with van der Waals surface area (Å²) in [6.45, 7) is 1.02. The molecule has 0 saturated carbocycles. The number of benzene rings is 1. The number of nitrogens with zero attached hydrogens (tertiary/aromatic N) is 2. The van der Waals surface area contributed by atoms with Crippen LogP contribution in [-0.2, 0) is 27.9 Å². The summed E-state index contributed by atoms with van der Waals surface area (Å²) in [4.78, 5) is 17.8. The number of aliphatic imine (C=N–C) groups is 1. The molecule has 0 unspecified atom stereocenters. The predicted molar refractivity (Wildman–Crippen MR) is 107 cm³/mol. The minimum absolute atomic E-state index is 0.0623. The van der Waals surface area contributed by atoms with Crippen LogP contribution in [0.5, 0.6) is 0 Å². The second-order valence-corrected chi connectivity index (χ2v) is 8.32. The van der Waals surface area contributed by atoms with Gasteiger partial charge in [0.25, 0.3) is 0 Å². The Labute approximate surface area is 163 Å². The molecule has 0 aliphatic carbocycles. The number of carbonyl (C=O) groups excluding carboxylic acids is 1. The van der Waals surface area contributed by atoms with Crippen LogP contribution in [0.3, 0.4) is 0 Å². The van der Waals surface area contributed by atoms with Crippen molar-refractivity contribution in [2.75, 3.05) is 20.6 Å². The average molecular weight is 410 g/mol. The average Bonchev–Trinajstić information content (AvgIpc) is 3.13. The molecule has 8 nitrogen and oxygen atoms in total. The lowest BCUT2D eigenvalue weighted by atomic mass is 10.2. The van der Waals surface area contributed by atoms with Crippen LogP contribution in [0.25, 0.3) is 0 Å². The van der Waals surface area contributed by atoms with E-state index < -0.39 is 10.0 Å². The summed E-state index contributed by atoms with van der Waals surface area (Å²) < 4.78 is 22.6. The van der Waals surface area contributed by atoms with E-state index in [2.05, 4.69) is 15.6 Å². The molecule has 0 saturated heterocycles. The van der Waals surface area contributed by atoms with Gasteiger partial charge in [0.05, 0.1) is 18.0 Å². The number of likely N-dealkylation sites (N-methyl/N-ethyl adjacent to an activating group) is 1. The Hall–Kier alpha value is -2.43. The van der Waals surface area contributed by atoms with Crippen molar-refractivity contribution in [3.63, 3.8) is 0 Å². The maximum absolute atomic E-state index is 11.8. The lowest BCUT2D eigenvalue weighted by Gasteiger charge is -2.15. The third kappa shape index (κ3) is 7.00. The molecule has 2 rings (SSSR count). The van der Waals surface area contributed by atoms with Crippen molar-refractivity contribution in [2.24, 2.45) is 10.1 Å². The van der Waals surface area contributed by atoms with Gasteiger partial charge in [-0.25, -0.2) is 18.5 Å². The number of sulfonamides is 1. The first kappa shape index (κ1) is 20.9. The molecule has 0 aliphatic heterocycles. The van der Waals surface area contributed by atoms with E-state index in [1.807, 2.05) is 16.8 Å². The lowest BCUT2D eigenvalue weighted by Crippen LogP contribution is -2.42. The number of rotatable bonds is 7. The van der Waals surface area contributed by atoms with Crippen LogP contribution in [-0.4, -0.2) is 45.8 Å². The Morgan fingerprint density at radius 1 is 1.15 bits per heavy atom. The molecule has 1 heterocycles. The lowest BCUT2D eigenvalue weighted by molar-refractivity contribution is -0.127. The number of hydrogen-bond donors (Lipinski definition) is 3. The maximum Gasteiger partial charge on any atom is 0.241 e. The molecule has 27 heavy (non-hydrogen) atoms. The summed E-state index contributed by atoms with van der Waals surface area (Å²) in [7, 11) is -0.334. The van der Waals surface area contributed by atoms with E-state index in [0.29, 0.717) is 19.0 Å². The Balaban J connectivity index is 2.01. The third-order valence-electron chi connectivity index (χ3n) is 3.62. The van der Waals surface area contributed by atoms with Crippen molar-refractivity contribution in [2.45, 2.75) is 18.0 Å². The van der Waals surface area contributed by atoms with Crippen molar-refractivity contribution in [1.29, 1.82) is 0 Å². The first-order valence-corrected chi connectivity index (χ1v) is 10.6. The summed E-state index contributed by atoms with van der Waals surface area (Å²) in [5.74, 6) is 0.421. The Kier molecular flexibility index (Phi) is 7.34. The van der Waals surface area contributed by atoms with Gasteiger partial charge in [0, 0.05) is 20.6 Å². The molecule has 1 aromatic carbocycles. The van der Waals surface area contributed by atoms with E-state index >= 15 is 0 Å². The minimum atomic E-state index is -3.71. The zero-order valence-corrected chi connectivity index (χ0v) is 16.8. The van der Waals surface area contributed by atoms with Gasteiger partial charge in [0.1, 0.15) is 0 Å². The van der Waals surface area contributed by atoms with Crippen LogP contribution >= 0.6 is 11.3 Å². The second-order valence-electron chi connectivity index (χ2n) is 5.98. The van der Waals surface area contributed by atoms with Crippen molar-refractivity contribution in [3.05, 3.63) is 52.2 Å². The molecule has 0 atom stereocenters. The van der Waals surface area contributed by atoms with E-state index in [-0.39, 0.29) is 17.3 Å². The maximum atomic E-state index is 11.8. The first-order chi connectivity index (χ1) is 12.8. The zero-order valence-electron chi connectivity index (χ0n) is 15.2. The van der Waals surface area contributed by atoms with Gasteiger partial charge in [-0.2, -0.15) is 11.3 Å². The van der Waals surface area contributed by atoms with E-state index in [1.54, 1.807) is 37.6 Å². The quantitative estimate of drug-likeness (QED) is 0.460. The molecule has 0 radical (unpaired) electrons. The Morgan fingerprint density at radius 2 is 1.85 bits per heavy atom. The van der Waals surface area contributed by atoms with Gasteiger partial charge in [0.15, 0.2) is 5.96 Å². The van der Waals surface area contributed by atoms with Crippen molar-refractivity contribution in [3.8, 4) is 0 Å². The van der Waals surface area contributed by atoms with Gasteiger partial charge in [-0.05, 0) is 40.1 Å². The van der Waals surface area contributed by atoms with Gasteiger partial charge in [-0.3, -0.25) is 4.79 Å². The summed E-state index contributed by atoms with van der Waals surface area (Å²) in [5, 5.41) is 15.2. The summed E-state index contributed by atoms with van der Waals surface area (Å²) in [6, 6.07) is 8.25. The molecule has 0 aliphatic rings. The highest BCUT2D eigenvalue weighted by Crippen LogP contribution is 2.09. The number of carbonyl (C=O) groups is 1. The van der Waals surface area contributed by atoms with Gasteiger partial charge in [0.2, 0.25) is 15.9 Å². The largest absolute Gasteiger partial charge is 0.352 e. The van der Waals surface area contributed by atoms with Crippen LogP contribution in [0.1, 0.15) is 11.1 Å². The van der Waals surface area contributed by atoms with Crippen LogP contribution < -0.4 is 15.8 Å². The van der Waals surface area contributed by atoms with E-state index in [4.69, 9.17) is 5.14 Å². The third-order valence-corrected chi connectivity index (χ3v) is 5.28. The normalized spacial score (nSPS) is 11.9. The Bertz CT molecular complexity index is 876. The summed E-state index contributed by atoms with van der Waals surface area (Å²) in [6.07, 6.45) is 0. The number of nitrogens with two attached hydrogens (primary N) is 1. The van der Waals surface area contributed by atoms with E-state index in [0.717, 1.165) is 11.1 Å². The molecule has 0 bridgehead atoms. The molecule has 1 aromatic heterocycles. The number of thiophene rings is 1. The molecule has 1 amide bonds. The standard InChI is InChI=1S/C17H23N5O3S2/c1-22(2)16(23)11-21-17(20-10-14-7-8-26-12-14)19-9-13-3-5-15(6-4-13)27(18,24)25/h3-8,12H,9-11H2,1-2H3,(H2,18,24,25)(H2,19,20,21). The van der Waals surface area contributed by atoms with E-state index in [9.17, 15) is 13.2 Å². The first-order valence-electron chi connectivity index (χ1n) is 8.11. The van der Waals surface area contributed by atoms with Crippen molar-refractivity contribution in [1.82, 2.24) is 15.5 Å². The van der Waals surface area contributed by atoms with Crippen LogP contribution in [0.2, 0.25) is 0 Å². The number of nitrogens with one attached hydrogen (secondary N) is 2. The molecule has 0 fully saturated rings. The topological polar surface area (TPSA) is 117 Å². The predicted octanol–water partition coefficient (Wildman–Crippen LogP) is 0.719. The smallest absolute Gasteiger partial charge is 0.241 e. The molecule has 0 spiro atoms. The second kappa shape index (κ2) is 9.49. The van der Waals surface area contributed by atoms with Gasteiger partial charge >= 0.3 is 0 Å². The van der Waals surface area contributed by atoms with Gasteiger partial charge < -0.3 is 15.5 Å². The molecular formula is C17H23N5O3S2. The van der Waals surface area contributed by atoms with Crippen molar-refractivity contribution < 1.29 is 13.2 Å². The number of guanidine groups is 1. The fourth-order valence-corrected chi connectivity index (χ4v) is 3.20. The monoisotopic (exact) mass is 409 g/mol. The minimum Gasteiger partial charge on any atom is -0.352 e. The molecule has 146 valence electrons. The fourth-order valence-electron chi connectivity index (χ4n) is 2.03. The highest BCUT2D eigenvalue weighted by molar-refractivity contribution is 7.89. The fraction of sp³-hybridized carbons (Fsp3) is 0.294.